The second-order valence-electron chi connectivity index (χ2n) is 5.75. The first-order chi connectivity index (χ1) is 9.31. The molecule has 0 saturated carbocycles. The molecule has 108 valence electrons. The molecule has 20 heavy (non-hydrogen) atoms. The van der Waals surface area contributed by atoms with E-state index in [0.717, 1.165) is 0 Å². The number of aliphatic hydroxyl groups excluding tert-OH is 1. The summed E-state index contributed by atoms with van der Waals surface area (Å²) in [5.74, 6) is 5.69. The molecule has 1 rings (SSSR count). The molecule has 0 unspecified atom stereocenters. The third-order valence-electron chi connectivity index (χ3n) is 2.41. The van der Waals surface area contributed by atoms with E-state index in [0.29, 0.717) is 29.1 Å². The Balaban J connectivity index is 2.90. The maximum Gasteiger partial charge on any atom is 0.224 e. The number of rotatable bonds is 3. The number of anilines is 1. The van der Waals surface area contributed by atoms with Crippen molar-refractivity contribution >= 4 is 23.2 Å². The van der Waals surface area contributed by atoms with E-state index in [1.54, 1.807) is 18.2 Å². The Bertz CT molecular complexity index is 536. The van der Waals surface area contributed by atoms with Crippen molar-refractivity contribution in [1.82, 2.24) is 0 Å². The van der Waals surface area contributed by atoms with Gasteiger partial charge in [0.15, 0.2) is 0 Å². The minimum absolute atomic E-state index is 0.0132. The summed E-state index contributed by atoms with van der Waals surface area (Å²) in [6.45, 7) is 6.04. The lowest BCUT2D eigenvalue weighted by Gasteiger charge is -2.17. The van der Waals surface area contributed by atoms with Gasteiger partial charge in [0.05, 0.1) is 12.3 Å². The van der Waals surface area contributed by atoms with Crippen LogP contribution < -0.4 is 5.32 Å². The average molecular weight is 294 g/mol. The highest BCUT2D eigenvalue weighted by Crippen LogP contribution is 2.23. The standard InChI is InChI=1S/C16H20ClNO2/c1-16(2,3)11-15(20)18-14-8-7-13(17)10-12(14)6-4-5-9-19/h7-8,10,19H,5,9,11H2,1-3H3,(H,18,20). The van der Waals surface area contributed by atoms with E-state index in [9.17, 15) is 4.79 Å². The predicted molar refractivity (Wildman–Crippen MR) is 82.7 cm³/mol. The fourth-order valence-corrected chi connectivity index (χ4v) is 1.79. The number of hydrogen-bond acceptors (Lipinski definition) is 2. The van der Waals surface area contributed by atoms with Gasteiger partial charge in [0.25, 0.3) is 0 Å². The van der Waals surface area contributed by atoms with Gasteiger partial charge in [-0.15, -0.1) is 0 Å². The zero-order chi connectivity index (χ0) is 15.2. The highest BCUT2D eigenvalue weighted by atomic mass is 35.5. The molecule has 0 fully saturated rings. The summed E-state index contributed by atoms with van der Waals surface area (Å²) in [5.41, 5.74) is 1.24. The van der Waals surface area contributed by atoms with Crippen molar-refractivity contribution in [2.24, 2.45) is 5.41 Å². The molecule has 0 atom stereocenters. The Kier molecular flexibility index (Phi) is 6.06. The van der Waals surface area contributed by atoms with Crippen LogP contribution in [0.4, 0.5) is 5.69 Å². The number of hydrogen-bond donors (Lipinski definition) is 2. The Morgan fingerprint density at radius 2 is 2.10 bits per heavy atom. The average Bonchev–Trinajstić information content (AvgIpc) is 2.30. The molecule has 4 heteroatoms. The molecular weight excluding hydrogens is 274 g/mol. The third kappa shape index (κ3) is 6.10. The molecule has 0 aliphatic carbocycles. The van der Waals surface area contributed by atoms with Crippen LogP contribution in [-0.2, 0) is 4.79 Å². The number of halogens is 1. The summed E-state index contributed by atoms with van der Waals surface area (Å²) in [6, 6.07) is 5.16. The lowest BCUT2D eigenvalue weighted by Crippen LogP contribution is -2.20. The van der Waals surface area contributed by atoms with Gasteiger partial charge < -0.3 is 10.4 Å². The normalized spacial score (nSPS) is 10.7. The van der Waals surface area contributed by atoms with Gasteiger partial charge in [0.2, 0.25) is 5.91 Å². The summed E-state index contributed by atoms with van der Waals surface area (Å²) in [5, 5.41) is 12.2. The summed E-state index contributed by atoms with van der Waals surface area (Å²) in [6.07, 6.45) is 0.820. The van der Waals surface area contributed by atoms with Gasteiger partial charge in [0, 0.05) is 23.4 Å². The van der Waals surface area contributed by atoms with Crippen LogP contribution >= 0.6 is 11.6 Å². The van der Waals surface area contributed by atoms with Crippen LogP contribution in [0.15, 0.2) is 18.2 Å². The van der Waals surface area contributed by atoms with Gasteiger partial charge in [-0.2, -0.15) is 0 Å². The lowest BCUT2D eigenvalue weighted by molar-refractivity contribution is -0.117. The third-order valence-corrected chi connectivity index (χ3v) is 2.64. The number of carbonyl (C=O) groups excluding carboxylic acids is 1. The van der Waals surface area contributed by atoms with Crippen molar-refractivity contribution in [3.8, 4) is 11.8 Å². The zero-order valence-electron chi connectivity index (χ0n) is 12.1. The van der Waals surface area contributed by atoms with Crippen molar-refractivity contribution < 1.29 is 9.90 Å². The van der Waals surface area contributed by atoms with Gasteiger partial charge in [-0.25, -0.2) is 0 Å². The van der Waals surface area contributed by atoms with E-state index in [1.807, 2.05) is 20.8 Å². The molecule has 3 nitrogen and oxygen atoms in total. The maximum atomic E-state index is 12.0. The van der Waals surface area contributed by atoms with E-state index < -0.39 is 0 Å². The molecule has 1 aromatic carbocycles. The van der Waals surface area contributed by atoms with E-state index in [-0.39, 0.29) is 17.9 Å². The van der Waals surface area contributed by atoms with Crippen LogP contribution in [0.25, 0.3) is 0 Å². The smallest absolute Gasteiger partial charge is 0.224 e. The molecule has 0 spiro atoms. The number of nitrogens with one attached hydrogen (secondary N) is 1. The van der Waals surface area contributed by atoms with Crippen LogP contribution in [0.2, 0.25) is 5.02 Å². The molecule has 0 saturated heterocycles. The van der Waals surface area contributed by atoms with Gasteiger partial charge >= 0.3 is 0 Å². The first kappa shape index (κ1) is 16.6. The summed E-state index contributed by atoms with van der Waals surface area (Å²) < 4.78 is 0. The first-order valence-corrected chi connectivity index (χ1v) is 6.89. The van der Waals surface area contributed by atoms with Crippen molar-refractivity contribution in [2.75, 3.05) is 11.9 Å². The second kappa shape index (κ2) is 7.33. The van der Waals surface area contributed by atoms with Crippen LogP contribution in [0.5, 0.6) is 0 Å². The minimum Gasteiger partial charge on any atom is -0.395 e. The van der Waals surface area contributed by atoms with Crippen molar-refractivity contribution in [1.29, 1.82) is 0 Å². The van der Waals surface area contributed by atoms with E-state index in [1.165, 1.54) is 0 Å². The van der Waals surface area contributed by atoms with Gasteiger partial charge in [-0.1, -0.05) is 44.2 Å². The van der Waals surface area contributed by atoms with Gasteiger partial charge in [-0.3, -0.25) is 4.79 Å². The van der Waals surface area contributed by atoms with E-state index in [4.69, 9.17) is 16.7 Å². The van der Waals surface area contributed by atoms with Gasteiger partial charge in [0.1, 0.15) is 0 Å². The fraction of sp³-hybridized carbons (Fsp3) is 0.438. The molecule has 0 aliphatic heterocycles. The fourth-order valence-electron chi connectivity index (χ4n) is 1.62. The largest absolute Gasteiger partial charge is 0.395 e. The van der Waals surface area contributed by atoms with Crippen molar-refractivity contribution in [2.45, 2.75) is 33.6 Å². The Labute approximate surface area is 125 Å². The highest BCUT2D eigenvalue weighted by molar-refractivity contribution is 6.30. The quantitative estimate of drug-likeness (QED) is 0.839. The molecule has 0 bridgehead atoms. The second-order valence-corrected chi connectivity index (χ2v) is 6.19. The Morgan fingerprint density at radius 1 is 1.40 bits per heavy atom. The van der Waals surface area contributed by atoms with Crippen LogP contribution in [-0.4, -0.2) is 17.6 Å². The molecular formula is C16H20ClNO2. The van der Waals surface area contributed by atoms with E-state index >= 15 is 0 Å². The summed E-state index contributed by atoms with van der Waals surface area (Å²) in [4.78, 5) is 12.0. The molecule has 1 amide bonds. The first-order valence-electron chi connectivity index (χ1n) is 6.51. The topological polar surface area (TPSA) is 49.3 Å². The molecule has 0 heterocycles. The highest BCUT2D eigenvalue weighted by Gasteiger charge is 2.16. The number of amides is 1. The Hall–Kier alpha value is -1.50. The molecule has 0 aromatic heterocycles. The zero-order valence-corrected chi connectivity index (χ0v) is 12.8. The van der Waals surface area contributed by atoms with Gasteiger partial charge in [-0.05, 0) is 23.6 Å². The van der Waals surface area contributed by atoms with E-state index in [2.05, 4.69) is 17.2 Å². The molecule has 1 aromatic rings. The number of aliphatic hydroxyl groups is 1. The SMILES string of the molecule is CC(C)(C)CC(=O)Nc1ccc(Cl)cc1C#CCCO. The minimum atomic E-state index is -0.0702. The molecule has 0 aliphatic rings. The molecule has 2 N–H and O–H groups in total. The van der Waals surface area contributed by atoms with Crippen LogP contribution in [0.1, 0.15) is 39.2 Å². The lowest BCUT2D eigenvalue weighted by atomic mass is 9.92. The summed E-state index contributed by atoms with van der Waals surface area (Å²) >= 11 is 5.94. The number of carbonyl (C=O) groups is 1. The Morgan fingerprint density at radius 3 is 2.70 bits per heavy atom. The molecule has 0 radical (unpaired) electrons. The van der Waals surface area contributed by atoms with Crippen LogP contribution in [0.3, 0.4) is 0 Å². The van der Waals surface area contributed by atoms with Crippen molar-refractivity contribution in [3.05, 3.63) is 28.8 Å². The maximum absolute atomic E-state index is 12.0. The monoisotopic (exact) mass is 293 g/mol. The predicted octanol–water partition coefficient (Wildman–Crippen LogP) is 3.45. The number of benzene rings is 1. The van der Waals surface area contributed by atoms with Crippen molar-refractivity contribution in [3.63, 3.8) is 0 Å². The van der Waals surface area contributed by atoms with Crippen LogP contribution in [0, 0.1) is 17.3 Å². The summed E-state index contributed by atoms with van der Waals surface area (Å²) in [7, 11) is 0.